The average Bonchev–Trinajstić information content (AvgIpc) is 2.17. The minimum atomic E-state index is 0.632. The van der Waals surface area contributed by atoms with Crippen LogP contribution in [-0.2, 0) is 6.54 Å². The Morgan fingerprint density at radius 3 is 2.67 bits per heavy atom. The van der Waals surface area contributed by atoms with E-state index in [1.54, 1.807) is 7.11 Å². The number of hydrogen-bond donors (Lipinski definition) is 1. The largest absolute Gasteiger partial charge is 0.496 e. The molecule has 1 aromatic rings. The molecular weight excluding hydrogens is 210 g/mol. The van der Waals surface area contributed by atoms with Crippen molar-refractivity contribution in [3.05, 3.63) is 28.8 Å². The van der Waals surface area contributed by atoms with E-state index >= 15 is 0 Å². The highest BCUT2D eigenvalue weighted by atomic mass is 35.5. The summed E-state index contributed by atoms with van der Waals surface area (Å²) in [7, 11) is 1.71. The predicted molar refractivity (Wildman–Crippen MR) is 64.9 cm³/mol. The van der Waals surface area contributed by atoms with Crippen molar-refractivity contribution in [2.45, 2.75) is 20.4 Å². The lowest BCUT2D eigenvalue weighted by molar-refractivity contribution is 0.404. The summed E-state index contributed by atoms with van der Waals surface area (Å²) in [6, 6.07) is 4.27. The summed E-state index contributed by atoms with van der Waals surface area (Å²) in [5.41, 5.74) is 3.64. The van der Waals surface area contributed by atoms with Gasteiger partial charge in [-0.15, -0.1) is 11.6 Å². The van der Waals surface area contributed by atoms with Crippen LogP contribution in [0.3, 0.4) is 0 Å². The lowest BCUT2D eigenvalue weighted by atomic mass is 10.1. The Morgan fingerprint density at radius 2 is 2.07 bits per heavy atom. The number of aryl methyl sites for hydroxylation is 2. The fraction of sp³-hybridized carbons (Fsp3) is 0.500. The lowest BCUT2D eigenvalue weighted by Gasteiger charge is -2.13. The average molecular weight is 228 g/mol. The molecule has 0 unspecified atom stereocenters. The molecule has 0 aliphatic rings. The quantitative estimate of drug-likeness (QED) is 0.617. The molecule has 0 saturated heterocycles. The van der Waals surface area contributed by atoms with Gasteiger partial charge in [0, 0.05) is 24.5 Å². The monoisotopic (exact) mass is 227 g/mol. The van der Waals surface area contributed by atoms with Crippen molar-refractivity contribution in [3.63, 3.8) is 0 Å². The third-order valence-electron chi connectivity index (χ3n) is 2.29. The zero-order chi connectivity index (χ0) is 11.3. The Morgan fingerprint density at radius 1 is 1.33 bits per heavy atom. The van der Waals surface area contributed by atoms with Crippen LogP contribution in [0.15, 0.2) is 12.1 Å². The Kier molecular flexibility index (Phi) is 4.92. The molecule has 0 heterocycles. The minimum absolute atomic E-state index is 0.632. The first-order valence-corrected chi connectivity index (χ1v) is 5.63. The number of rotatable bonds is 5. The number of benzene rings is 1. The summed E-state index contributed by atoms with van der Waals surface area (Å²) >= 11 is 5.61. The van der Waals surface area contributed by atoms with Crippen molar-refractivity contribution >= 4 is 11.6 Å². The summed E-state index contributed by atoms with van der Waals surface area (Å²) in [4.78, 5) is 0. The summed E-state index contributed by atoms with van der Waals surface area (Å²) in [6.07, 6.45) is 0. The first-order chi connectivity index (χ1) is 7.19. The standard InChI is InChI=1S/C12H18ClNO/c1-9-6-10(2)12(15-3)11(7-9)8-14-5-4-13/h6-7,14H,4-5,8H2,1-3H3. The topological polar surface area (TPSA) is 21.3 Å². The van der Waals surface area contributed by atoms with Crippen molar-refractivity contribution in [1.29, 1.82) is 0 Å². The van der Waals surface area contributed by atoms with Gasteiger partial charge in [0.15, 0.2) is 0 Å². The third-order valence-corrected chi connectivity index (χ3v) is 2.48. The van der Waals surface area contributed by atoms with Gasteiger partial charge >= 0.3 is 0 Å². The van der Waals surface area contributed by atoms with Crippen LogP contribution in [0.1, 0.15) is 16.7 Å². The van der Waals surface area contributed by atoms with E-state index in [0.717, 1.165) is 18.8 Å². The molecule has 0 aliphatic carbocycles. The predicted octanol–water partition coefficient (Wildman–Crippen LogP) is 2.64. The smallest absolute Gasteiger partial charge is 0.126 e. The van der Waals surface area contributed by atoms with Gasteiger partial charge in [-0.3, -0.25) is 0 Å². The van der Waals surface area contributed by atoms with Gasteiger partial charge in [0.25, 0.3) is 0 Å². The highest BCUT2D eigenvalue weighted by Gasteiger charge is 2.06. The van der Waals surface area contributed by atoms with Gasteiger partial charge in [-0.2, -0.15) is 0 Å². The summed E-state index contributed by atoms with van der Waals surface area (Å²) < 4.78 is 5.39. The number of nitrogens with one attached hydrogen (secondary N) is 1. The van der Waals surface area contributed by atoms with Crippen molar-refractivity contribution in [1.82, 2.24) is 5.32 Å². The van der Waals surface area contributed by atoms with E-state index in [4.69, 9.17) is 16.3 Å². The molecule has 0 aliphatic heterocycles. The van der Waals surface area contributed by atoms with Crippen LogP contribution < -0.4 is 10.1 Å². The third kappa shape index (κ3) is 3.40. The van der Waals surface area contributed by atoms with Crippen LogP contribution in [0, 0.1) is 13.8 Å². The fourth-order valence-corrected chi connectivity index (χ4v) is 1.89. The molecule has 2 nitrogen and oxygen atoms in total. The van der Waals surface area contributed by atoms with Crippen LogP contribution in [0.2, 0.25) is 0 Å². The maximum atomic E-state index is 5.61. The normalized spacial score (nSPS) is 10.4. The molecule has 0 aromatic heterocycles. The Bertz CT molecular complexity index is 326. The summed E-state index contributed by atoms with van der Waals surface area (Å²) in [5, 5.41) is 3.27. The van der Waals surface area contributed by atoms with E-state index < -0.39 is 0 Å². The molecule has 15 heavy (non-hydrogen) atoms. The molecular formula is C12H18ClNO. The zero-order valence-corrected chi connectivity index (χ0v) is 10.3. The molecule has 0 atom stereocenters. The molecule has 0 fully saturated rings. The number of methoxy groups -OCH3 is 1. The highest BCUT2D eigenvalue weighted by molar-refractivity contribution is 6.18. The van der Waals surface area contributed by atoms with Crippen LogP contribution in [0.25, 0.3) is 0 Å². The zero-order valence-electron chi connectivity index (χ0n) is 9.56. The van der Waals surface area contributed by atoms with Crippen LogP contribution in [0.5, 0.6) is 5.75 Å². The van der Waals surface area contributed by atoms with E-state index in [0.29, 0.717) is 5.88 Å². The number of ether oxygens (including phenoxy) is 1. The molecule has 1 rings (SSSR count). The van der Waals surface area contributed by atoms with Crippen molar-refractivity contribution in [2.75, 3.05) is 19.5 Å². The Labute approximate surface area is 96.6 Å². The minimum Gasteiger partial charge on any atom is -0.496 e. The van der Waals surface area contributed by atoms with Crippen LogP contribution in [0.4, 0.5) is 0 Å². The summed E-state index contributed by atoms with van der Waals surface area (Å²) in [6.45, 7) is 5.78. The maximum Gasteiger partial charge on any atom is 0.126 e. The SMILES string of the molecule is COc1c(C)cc(C)cc1CNCCCl. The maximum absolute atomic E-state index is 5.61. The van der Waals surface area contributed by atoms with Gasteiger partial charge in [0.05, 0.1) is 7.11 Å². The second-order valence-electron chi connectivity index (χ2n) is 3.64. The van der Waals surface area contributed by atoms with Gasteiger partial charge in [-0.1, -0.05) is 17.7 Å². The second kappa shape index (κ2) is 5.99. The fourth-order valence-electron chi connectivity index (χ4n) is 1.76. The molecule has 3 heteroatoms. The number of alkyl halides is 1. The molecule has 84 valence electrons. The van der Waals surface area contributed by atoms with E-state index in [9.17, 15) is 0 Å². The van der Waals surface area contributed by atoms with Crippen molar-refractivity contribution in [3.8, 4) is 5.75 Å². The van der Waals surface area contributed by atoms with Crippen LogP contribution in [-0.4, -0.2) is 19.5 Å². The van der Waals surface area contributed by atoms with Crippen LogP contribution >= 0.6 is 11.6 Å². The van der Waals surface area contributed by atoms with E-state index in [1.165, 1.54) is 16.7 Å². The molecule has 1 aromatic carbocycles. The highest BCUT2D eigenvalue weighted by Crippen LogP contribution is 2.24. The first-order valence-electron chi connectivity index (χ1n) is 5.09. The van der Waals surface area contributed by atoms with Gasteiger partial charge in [0.2, 0.25) is 0 Å². The molecule has 0 amide bonds. The molecule has 0 radical (unpaired) electrons. The first kappa shape index (κ1) is 12.3. The second-order valence-corrected chi connectivity index (χ2v) is 4.02. The summed E-state index contributed by atoms with van der Waals surface area (Å²) in [5.74, 6) is 1.61. The Balaban J connectivity index is 2.84. The molecule has 0 saturated carbocycles. The van der Waals surface area contributed by atoms with Gasteiger partial charge in [-0.05, 0) is 19.4 Å². The molecule has 1 N–H and O–H groups in total. The van der Waals surface area contributed by atoms with Gasteiger partial charge < -0.3 is 10.1 Å². The van der Waals surface area contributed by atoms with Gasteiger partial charge in [-0.25, -0.2) is 0 Å². The lowest BCUT2D eigenvalue weighted by Crippen LogP contribution is -2.16. The number of halogens is 1. The van der Waals surface area contributed by atoms with Crippen molar-refractivity contribution in [2.24, 2.45) is 0 Å². The molecule has 0 spiro atoms. The van der Waals surface area contributed by atoms with Gasteiger partial charge in [0.1, 0.15) is 5.75 Å². The van der Waals surface area contributed by atoms with Crippen molar-refractivity contribution < 1.29 is 4.74 Å². The molecule has 0 bridgehead atoms. The number of hydrogen-bond acceptors (Lipinski definition) is 2. The van der Waals surface area contributed by atoms with E-state index in [2.05, 4.69) is 31.3 Å². The Hall–Kier alpha value is -0.730. The van der Waals surface area contributed by atoms with E-state index in [-0.39, 0.29) is 0 Å². The van der Waals surface area contributed by atoms with E-state index in [1.807, 2.05) is 0 Å².